The molecule has 5 heteroatoms. The van der Waals surface area contributed by atoms with Crippen molar-refractivity contribution in [2.75, 3.05) is 13.7 Å². The molecule has 0 unspecified atom stereocenters. The third-order valence-corrected chi connectivity index (χ3v) is 6.87. The summed E-state index contributed by atoms with van der Waals surface area (Å²) < 4.78 is 47.2. The summed E-state index contributed by atoms with van der Waals surface area (Å²) >= 11 is 0. The first-order valence-corrected chi connectivity index (χ1v) is 12.1. The van der Waals surface area contributed by atoms with E-state index in [0.717, 1.165) is 41.2 Å². The summed E-state index contributed by atoms with van der Waals surface area (Å²) in [6.45, 7) is 0.330. The zero-order valence-electron chi connectivity index (χ0n) is 19.6. The lowest BCUT2D eigenvalue weighted by molar-refractivity contribution is 0.198. The van der Waals surface area contributed by atoms with Crippen LogP contribution in [0.4, 0.5) is 13.2 Å². The Labute approximate surface area is 200 Å². The minimum absolute atomic E-state index is 0.250. The topological polar surface area (TPSA) is 9.23 Å². The molecule has 1 saturated carbocycles. The highest BCUT2D eigenvalue weighted by molar-refractivity contribution is 6.99. The fourth-order valence-electron chi connectivity index (χ4n) is 5.22. The average Bonchev–Trinajstić information content (AvgIpc) is 2.86. The molecule has 0 aliphatic heterocycles. The van der Waals surface area contributed by atoms with Crippen molar-refractivity contribution in [2.24, 2.45) is 5.92 Å². The van der Waals surface area contributed by atoms with Gasteiger partial charge >= 0.3 is 0 Å². The molecule has 4 rings (SSSR count). The Balaban J connectivity index is 1.98. The van der Waals surface area contributed by atoms with Crippen molar-refractivity contribution in [2.45, 2.75) is 38.5 Å². The van der Waals surface area contributed by atoms with Crippen molar-refractivity contribution in [3.63, 3.8) is 0 Å². The van der Waals surface area contributed by atoms with Gasteiger partial charge in [0.1, 0.15) is 17.5 Å². The molecule has 1 aliphatic carbocycles. The molecule has 1 nitrogen and oxygen atoms in total. The van der Waals surface area contributed by atoms with E-state index in [9.17, 15) is 13.2 Å². The van der Waals surface area contributed by atoms with E-state index >= 15 is 0 Å². The molecule has 0 saturated heterocycles. The number of halogens is 3. The van der Waals surface area contributed by atoms with E-state index in [-0.39, 0.29) is 24.2 Å². The van der Waals surface area contributed by atoms with Crippen molar-refractivity contribution < 1.29 is 17.9 Å². The van der Waals surface area contributed by atoms with Crippen LogP contribution >= 0.6 is 0 Å². The van der Waals surface area contributed by atoms with Crippen LogP contribution in [-0.2, 0) is 4.74 Å². The first kappa shape index (κ1) is 24.3. The summed E-state index contributed by atoms with van der Waals surface area (Å²) in [6.07, 6.45) is 6.55. The lowest BCUT2D eigenvalue weighted by Gasteiger charge is -2.31. The molecule has 0 spiro atoms. The third kappa shape index (κ3) is 5.82. The van der Waals surface area contributed by atoms with Gasteiger partial charge in [-0.2, -0.15) is 0 Å². The van der Waals surface area contributed by atoms with Gasteiger partial charge in [-0.15, -0.1) is 0 Å². The van der Waals surface area contributed by atoms with Gasteiger partial charge in [0.25, 0.3) is 0 Å². The quantitative estimate of drug-likeness (QED) is 0.356. The molecule has 34 heavy (non-hydrogen) atoms. The maximum atomic E-state index is 13.9. The van der Waals surface area contributed by atoms with E-state index in [1.807, 2.05) is 12.1 Å². The SMILES string of the molecule is COCC/C(=C(\B(c1ccc(F)cc1)c1ccc(F)cc1)c1ccc(F)cc1)C1CCCCC1. The molecule has 0 amide bonds. The van der Waals surface area contributed by atoms with Crippen molar-refractivity contribution in [3.05, 3.63) is 101 Å². The highest BCUT2D eigenvalue weighted by atomic mass is 19.1. The molecular weight excluding hydrogens is 432 g/mol. The second-order valence-corrected chi connectivity index (χ2v) is 9.06. The fourth-order valence-corrected chi connectivity index (χ4v) is 5.22. The van der Waals surface area contributed by atoms with Gasteiger partial charge in [-0.1, -0.05) is 77.6 Å². The second-order valence-electron chi connectivity index (χ2n) is 9.06. The van der Waals surface area contributed by atoms with E-state index in [4.69, 9.17) is 4.74 Å². The monoisotopic (exact) mass is 462 g/mol. The number of rotatable bonds is 8. The Morgan fingerprint density at radius 2 is 1.21 bits per heavy atom. The number of hydrogen-bond acceptors (Lipinski definition) is 1. The van der Waals surface area contributed by atoms with Gasteiger partial charge in [-0.05, 0) is 67.1 Å². The normalized spacial score (nSPS) is 15.2. The summed E-state index contributed by atoms with van der Waals surface area (Å²) in [5.74, 6) is -0.506. The molecule has 3 aromatic carbocycles. The van der Waals surface area contributed by atoms with Crippen LogP contribution in [0.15, 0.2) is 78.4 Å². The van der Waals surface area contributed by atoms with Gasteiger partial charge in [0, 0.05) is 13.7 Å². The smallest absolute Gasteiger partial charge is 0.241 e. The maximum Gasteiger partial charge on any atom is 0.241 e. The van der Waals surface area contributed by atoms with Crippen LogP contribution in [0.3, 0.4) is 0 Å². The summed E-state index contributed by atoms with van der Waals surface area (Å²) in [7, 11) is 1.70. The lowest BCUT2D eigenvalue weighted by Crippen LogP contribution is -2.44. The lowest BCUT2D eigenvalue weighted by atomic mass is 9.34. The predicted molar refractivity (Wildman–Crippen MR) is 134 cm³/mol. The van der Waals surface area contributed by atoms with E-state index in [2.05, 4.69) is 0 Å². The number of methoxy groups -OCH3 is 1. The van der Waals surface area contributed by atoms with Crippen molar-refractivity contribution in [3.8, 4) is 0 Å². The van der Waals surface area contributed by atoms with Gasteiger partial charge in [-0.25, -0.2) is 13.2 Å². The van der Waals surface area contributed by atoms with Crippen LogP contribution in [-0.4, -0.2) is 20.4 Å². The zero-order chi connectivity index (χ0) is 23.9. The van der Waals surface area contributed by atoms with Crippen LogP contribution < -0.4 is 10.9 Å². The maximum absolute atomic E-state index is 13.9. The van der Waals surface area contributed by atoms with E-state index < -0.39 is 0 Å². The number of benzene rings is 3. The molecule has 0 radical (unpaired) electrons. The van der Waals surface area contributed by atoms with E-state index in [1.54, 1.807) is 31.4 Å². The van der Waals surface area contributed by atoms with Gasteiger partial charge in [0.15, 0.2) is 0 Å². The molecule has 1 fully saturated rings. The first-order chi connectivity index (χ1) is 16.6. The van der Waals surface area contributed by atoms with Crippen LogP contribution in [0.1, 0.15) is 44.1 Å². The third-order valence-electron chi connectivity index (χ3n) is 6.87. The van der Waals surface area contributed by atoms with E-state index in [1.165, 1.54) is 61.2 Å². The molecule has 176 valence electrons. The Hall–Kier alpha value is -2.79. The van der Waals surface area contributed by atoms with Gasteiger partial charge in [-0.3, -0.25) is 0 Å². The Morgan fingerprint density at radius 1 is 0.735 bits per heavy atom. The highest BCUT2D eigenvalue weighted by Gasteiger charge is 2.31. The van der Waals surface area contributed by atoms with Gasteiger partial charge in [0.2, 0.25) is 6.71 Å². The standard InChI is InChI=1S/C29H30BF3O/c1-34-20-19-28(21-5-3-2-4-6-21)29(22-7-13-25(31)14-8-22)30(23-9-15-26(32)16-10-23)24-11-17-27(33)18-12-24/h7-18,21H,2-6,19-20H2,1H3/b29-28+. The zero-order valence-corrected chi connectivity index (χ0v) is 19.6. The van der Waals surface area contributed by atoms with E-state index in [0.29, 0.717) is 12.5 Å². The van der Waals surface area contributed by atoms with Crippen LogP contribution in [0.5, 0.6) is 0 Å². The second kappa shape index (κ2) is 11.6. The van der Waals surface area contributed by atoms with Crippen LogP contribution in [0.2, 0.25) is 0 Å². The van der Waals surface area contributed by atoms with Crippen molar-refractivity contribution >= 4 is 23.1 Å². The molecule has 0 bridgehead atoms. The predicted octanol–water partition coefficient (Wildman–Crippen LogP) is 6.32. The summed E-state index contributed by atoms with van der Waals surface area (Å²) in [5.41, 5.74) is 5.14. The minimum atomic E-state index is -0.305. The number of ether oxygens (including phenoxy) is 1. The summed E-state index contributed by atoms with van der Waals surface area (Å²) in [5, 5.41) is 0. The molecule has 0 atom stereocenters. The van der Waals surface area contributed by atoms with Crippen LogP contribution in [0.25, 0.3) is 5.47 Å². The van der Waals surface area contributed by atoms with Gasteiger partial charge < -0.3 is 4.74 Å². The van der Waals surface area contributed by atoms with Gasteiger partial charge in [0.05, 0.1) is 0 Å². The Morgan fingerprint density at radius 3 is 1.68 bits per heavy atom. The molecule has 0 aromatic heterocycles. The Bertz CT molecular complexity index is 1040. The average molecular weight is 462 g/mol. The largest absolute Gasteiger partial charge is 0.384 e. The highest BCUT2D eigenvalue weighted by Crippen LogP contribution is 2.37. The molecule has 3 aromatic rings. The molecule has 0 N–H and O–H groups in total. The summed E-state index contributed by atoms with van der Waals surface area (Å²) in [4.78, 5) is 0. The van der Waals surface area contributed by atoms with Crippen molar-refractivity contribution in [1.29, 1.82) is 0 Å². The molecular formula is C29H30BF3O. The van der Waals surface area contributed by atoms with Crippen LogP contribution in [0, 0.1) is 23.4 Å². The molecule has 0 heterocycles. The number of hydrogen-bond donors (Lipinski definition) is 0. The minimum Gasteiger partial charge on any atom is -0.384 e. The first-order valence-electron chi connectivity index (χ1n) is 12.1. The summed E-state index contributed by atoms with van der Waals surface area (Å²) in [6, 6.07) is 19.6. The Kier molecular flexibility index (Phi) is 8.28. The molecule has 1 aliphatic rings. The van der Waals surface area contributed by atoms with Crippen molar-refractivity contribution in [1.82, 2.24) is 0 Å². The fraction of sp³-hybridized carbons (Fsp3) is 0.310.